The zero-order valence-electron chi connectivity index (χ0n) is 13.6. The molecule has 9 heteroatoms. The van der Waals surface area contributed by atoms with E-state index in [0.29, 0.717) is 26.6 Å². The van der Waals surface area contributed by atoms with E-state index in [-0.39, 0.29) is 5.69 Å². The molecule has 2 aromatic heterocycles. The second-order valence-corrected chi connectivity index (χ2v) is 8.40. The summed E-state index contributed by atoms with van der Waals surface area (Å²) in [7, 11) is 0. The number of nitrogens with zero attached hydrogens (tertiary/aromatic N) is 3. The molecule has 0 aliphatic rings. The van der Waals surface area contributed by atoms with Crippen molar-refractivity contribution >= 4 is 56.5 Å². The van der Waals surface area contributed by atoms with Gasteiger partial charge in [-0.15, -0.1) is 0 Å². The second kappa shape index (κ2) is 7.67. The van der Waals surface area contributed by atoms with E-state index in [1.807, 2.05) is 30.3 Å². The van der Waals surface area contributed by atoms with Gasteiger partial charge in [0.15, 0.2) is 10.8 Å². The molecule has 1 N–H and O–H groups in total. The lowest BCUT2D eigenvalue weighted by atomic mass is 10.1. The average Bonchev–Trinajstić information content (AvgIpc) is 3.06. The largest absolute Gasteiger partial charge is 0.350 e. The first-order valence-electron chi connectivity index (χ1n) is 7.82. The second-order valence-electron chi connectivity index (χ2n) is 5.67. The van der Waals surface area contributed by atoms with Gasteiger partial charge in [-0.1, -0.05) is 69.1 Å². The summed E-state index contributed by atoms with van der Waals surface area (Å²) in [5, 5.41) is 5.82. The number of halogens is 3. The zero-order valence-corrected chi connectivity index (χ0v) is 17.5. The van der Waals surface area contributed by atoms with Gasteiger partial charge < -0.3 is 0 Å². The SMILES string of the molecule is O=c1[nH]c(SCc2ccc(Cl)cc2Cl)nc2c(-c3ccc(Br)cc3)cnn12. The average molecular weight is 482 g/mol. The predicted molar refractivity (Wildman–Crippen MR) is 113 cm³/mol. The predicted octanol–water partition coefficient (Wildman–Crippen LogP) is 5.45. The van der Waals surface area contributed by atoms with Crippen molar-refractivity contribution < 1.29 is 0 Å². The van der Waals surface area contributed by atoms with E-state index < -0.39 is 0 Å². The van der Waals surface area contributed by atoms with Gasteiger partial charge in [0.25, 0.3) is 0 Å². The molecule has 0 spiro atoms. The first kappa shape index (κ1) is 18.6. The number of fused-ring (bicyclic) bond motifs is 1. The Bertz CT molecular complexity index is 1190. The molecule has 5 nitrogen and oxygen atoms in total. The molecule has 0 fully saturated rings. The van der Waals surface area contributed by atoms with Gasteiger partial charge >= 0.3 is 5.69 Å². The van der Waals surface area contributed by atoms with Crippen molar-refractivity contribution in [2.24, 2.45) is 0 Å². The van der Waals surface area contributed by atoms with Crippen LogP contribution in [0.15, 0.2) is 63.1 Å². The highest BCUT2D eigenvalue weighted by Crippen LogP contribution is 2.28. The maximum absolute atomic E-state index is 12.4. The molecule has 0 saturated heterocycles. The molecule has 0 amide bonds. The maximum Gasteiger partial charge on any atom is 0.350 e. The lowest BCUT2D eigenvalue weighted by molar-refractivity contribution is 0.786. The third kappa shape index (κ3) is 3.91. The van der Waals surface area contributed by atoms with E-state index in [0.717, 1.165) is 21.2 Å². The first-order chi connectivity index (χ1) is 13.0. The third-order valence-electron chi connectivity index (χ3n) is 3.89. The van der Waals surface area contributed by atoms with Crippen LogP contribution in [0.5, 0.6) is 0 Å². The molecular formula is C18H11BrCl2N4OS. The van der Waals surface area contributed by atoms with Crippen molar-refractivity contribution in [1.29, 1.82) is 0 Å². The summed E-state index contributed by atoms with van der Waals surface area (Å²) >= 11 is 17.0. The fraction of sp³-hybridized carbons (Fsp3) is 0.0556. The minimum absolute atomic E-state index is 0.340. The lowest BCUT2D eigenvalue weighted by Gasteiger charge is -2.05. The van der Waals surface area contributed by atoms with Gasteiger partial charge in [-0.25, -0.2) is 9.78 Å². The molecular weight excluding hydrogens is 471 g/mol. The fourth-order valence-electron chi connectivity index (χ4n) is 2.55. The van der Waals surface area contributed by atoms with Crippen molar-refractivity contribution in [3.63, 3.8) is 0 Å². The Morgan fingerprint density at radius 2 is 1.93 bits per heavy atom. The number of aromatic nitrogens is 4. The Labute approximate surface area is 176 Å². The number of thioether (sulfide) groups is 1. The molecule has 27 heavy (non-hydrogen) atoms. The lowest BCUT2D eigenvalue weighted by Crippen LogP contribution is -2.19. The zero-order chi connectivity index (χ0) is 19.0. The number of rotatable bonds is 4. The van der Waals surface area contributed by atoms with Crippen molar-refractivity contribution in [3.05, 3.63) is 79.2 Å². The maximum atomic E-state index is 12.4. The van der Waals surface area contributed by atoms with Gasteiger partial charge in [0, 0.05) is 25.8 Å². The van der Waals surface area contributed by atoms with Gasteiger partial charge in [-0.05, 0) is 35.4 Å². The summed E-state index contributed by atoms with van der Waals surface area (Å²) in [6, 6.07) is 13.1. The van der Waals surface area contributed by atoms with Crippen molar-refractivity contribution in [1.82, 2.24) is 19.6 Å². The topological polar surface area (TPSA) is 63.0 Å². The summed E-state index contributed by atoms with van der Waals surface area (Å²) in [6.45, 7) is 0. The van der Waals surface area contributed by atoms with E-state index in [9.17, 15) is 4.79 Å². The highest BCUT2D eigenvalue weighted by atomic mass is 79.9. The summed E-state index contributed by atoms with van der Waals surface area (Å²) in [6.07, 6.45) is 1.64. The number of nitrogens with one attached hydrogen (secondary N) is 1. The Morgan fingerprint density at radius 3 is 2.67 bits per heavy atom. The standard InChI is InChI=1S/C18H11BrCl2N4OS/c19-12-4-1-10(2-5-12)14-8-22-25-16(14)23-17(24-18(25)26)27-9-11-3-6-13(20)7-15(11)21/h1-8H,9H2,(H,23,24,26). The smallest absolute Gasteiger partial charge is 0.285 e. The minimum atomic E-state index is -0.340. The molecule has 2 aromatic carbocycles. The normalized spacial score (nSPS) is 11.2. The Hall–Kier alpha value is -1.80. The third-order valence-corrected chi connectivity index (χ3v) is 5.93. The van der Waals surface area contributed by atoms with Crippen LogP contribution >= 0.6 is 50.9 Å². The Balaban J connectivity index is 1.69. The number of hydrogen-bond donors (Lipinski definition) is 1. The van der Waals surface area contributed by atoms with Gasteiger partial charge in [0.05, 0.1) is 6.20 Å². The monoisotopic (exact) mass is 480 g/mol. The highest BCUT2D eigenvalue weighted by Gasteiger charge is 2.13. The molecule has 136 valence electrons. The molecule has 4 aromatic rings. The van der Waals surface area contributed by atoms with Crippen LogP contribution in [-0.2, 0) is 5.75 Å². The highest BCUT2D eigenvalue weighted by molar-refractivity contribution is 9.10. The fourth-order valence-corrected chi connectivity index (χ4v) is 4.23. The van der Waals surface area contributed by atoms with E-state index in [4.69, 9.17) is 23.2 Å². The van der Waals surface area contributed by atoms with Crippen LogP contribution < -0.4 is 5.69 Å². The summed E-state index contributed by atoms with van der Waals surface area (Å²) in [5.41, 5.74) is 2.80. The molecule has 0 atom stereocenters. The number of benzene rings is 2. The molecule has 0 aliphatic carbocycles. The molecule has 0 unspecified atom stereocenters. The minimum Gasteiger partial charge on any atom is -0.285 e. The summed E-state index contributed by atoms with van der Waals surface area (Å²) in [5.74, 6) is 0.552. The molecule has 0 radical (unpaired) electrons. The van der Waals surface area contributed by atoms with Gasteiger partial charge in [0.2, 0.25) is 0 Å². The van der Waals surface area contributed by atoms with E-state index in [2.05, 4.69) is 31.0 Å². The molecule has 4 rings (SSSR count). The number of aromatic amines is 1. The van der Waals surface area contributed by atoms with Gasteiger partial charge in [0.1, 0.15) is 0 Å². The van der Waals surface area contributed by atoms with Gasteiger partial charge in [-0.3, -0.25) is 4.98 Å². The van der Waals surface area contributed by atoms with E-state index in [1.54, 1.807) is 18.3 Å². The van der Waals surface area contributed by atoms with Crippen LogP contribution in [0.3, 0.4) is 0 Å². The number of hydrogen-bond acceptors (Lipinski definition) is 4. The molecule has 2 heterocycles. The van der Waals surface area contributed by atoms with Crippen LogP contribution in [0.1, 0.15) is 5.56 Å². The van der Waals surface area contributed by atoms with Crippen LogP contribution in [0.2, 0.25) is 10.0 Å². The van der Waals surface area contributed by atoms with Crippen molar-refractivity contribution in [2.75, 3.05) is 0 Å². The summed E-state index contributed by atoms with van der Waals surface area (Å²) < 4.78 is 2.24. The Kier molecular flexibility index (Phi) is 5.27. The van der Waals surface area contributed by atoms with Gasteiger partial charge in [-0.2, -0.15) is 9.61 Å². The van der Waals surface area contributed by atoms with Crippen molar-refractivity contribution in [2.45, 2.75) is 10.9 Å². The van der Waals surface area contributed by atoms with E-state index >= 15 is 0 Å². The van der Waals surface area contributed by atoms with Crippen LogP contribution in [0.25, 0.3) is 16.8 Å². The van der Waals surface area contributed by atoms with Crippen molar-refractivity contribution in [3.8, 4) is 11.1 Å². The molecule has 0 bridgehead atoms. The molecule has 0 saturated carbocycles. The first-order valence-corrected chi connectivity index (χ1v) is 10.4. The van der Waals surface area contributed by atoms with Crippen LogP contribution in [0, 0.1) is 0 Å². The molecule has 0 aliphatic heterocycles. The summed E-state index contributed by atoms with van der Waals surface area (Å²) in [4.78, 5) is 19.7. The quantitative estimate of drug-likeness (QED) is 0.394. The number of H-pyrrole nitrogens is 1. The Morgan fingerprint density at radius 1 is 1.15 bits per heavy atom. The van der Waals surface area contributed by atoms with E-state index in [1.165, 1.54) is 16.3 Å². The van der Waals surface area contributed by atoms with Crippen LogP contribution in [0.4, 0.5) is 0 Å². The van der Waals surface area contributed by atoms with Crippen LogP contribution in [-0.4, -0.2) is 19.6 Å².